The van der Waals surface area contributed by atoms with Gasteiger partial charge in [0.25, 0.3) is 0 Å². The number of nitrogens with zero attached hydrogens (tertiary/aromatic N) is 1. The van der Waals surface area contributed by atoms with Crippen LogP contribution in [-0.4, -0.2) is 25.0 Å². The molecule has 0 fully saturated rings. The van der Waals surface area contributed by atoms with Crippen molar-refractivity contribution >= 4 is 17.6 Å². The number of nitrogens with two attached hydrogens (primary N) is 1. The van der Waals surface area contributed by atoms with Crippen LogP contribution < -0.4 is 10.6 Å². The van der Waals surface area contributed by atoms with Crippen LogP contribution in [0, 0.1) is 6.92 Å². The number of carbonyl (C=O) groups is 2. The Morgan fingerprint density at radius 3 is 2.76 bits per heavy atom. The third-order valence-electron chi connectivity index (χ3n) is 4.74. The Hall–Kier alpha value is -2.76. The molecular formula is C19H22N2O4. The van der Waals surface area contributed by atoms with E-state index in [1.807, 2.05) is 37.3 Å². The van der Waals surface area contributed by atoms with Crippen LogP contribution in [0.1, 0.15) is 46.7 Å². The summed E-state index contributed by atoms with van der Waals surface area (Å²) in [6.07, 6.45) is 0.649. The van der Waals surface area contributed by atoms with Crippen molar-refractivity contribution in [3.05, 3.63) is 53.0 Å². The molecule has 25 heavy (non-hydrogen) atoms. The largest absolute Gasteiger partial charge is 0.463 e. The molecule has 2 aromatic rings. The average molecular weight is 342 g/mol. The van der Waals surface area contributed by atoms with Gasteiger partial charge in [-0.1, -0.05) is 18.2 Å². The van der Waals surface area contributed by atoms with Gasteiger partial charge in [-0.05, 0) is 38.0 Å². The number of furan rings is 1. The first-order valence-corrected chi connectivity index (χ1v) is 8.25. The van der Waals surface area contributed by atoms with Crippen molar-refractivity contribution in [1.29, 1.82) is 0 Å². The minimum absolute atomic E-state index is 0.111. The maximum atomic E-state index is 11.8. The molecule has 1 aromatic carbocycles. The Kier molecular flexibility index (Phi) is 4.53. The SMILES string of the molecule is COC(=O)c1oc(CN2c3ccccc3[C@H](C(N)=O)C[C@H]2C)cc1C. The van der Waals surface area contributed by atoms with Crippen LogP contribution in [0.2, 0.25) is 0 Å². The van der Waals surface area contributed by atoms with Crippen molar-refractivity contribution in [1.82, 2.24) is 0 Å². The van der Waals surface area contributed by atoms with Crippen LogP contribution >= 0.6 is 0 Å². The number of aryl methyl sites for hydroxylation is 1. The number of hydrogen-bond acceptors (Lipinski definition) is 5. The quantitative estimate of drug-likeness (QED) is 0.864. The summed E-state index contributed by atoms with van der Waals surface area (Å²) < 4.78 is 10.4. The summed E-state index contributed by atoms with van der Waals surface area (Å²) in [7, 11) is 1.33. The van der Waals surface area contributed by atoms with E-state index in [9.17, 15) is 9.59 Å². The summed E-state index contributed by atoms with van der Waals surface area (Å²) in [5.41, 5.74) is 8.24. The summed E-state index contributed by atoms with van der Waals surface area (Å²) in [5.74, 6) is -0.167. The lowest BCUT2D eigenvalue weighted by Gasteiger charge is -2.39. The number of rotatable bonds is 4. The van der Waals surface area contributed by atoms with Crippen LogP contribution in [0.15, 0.2) is 34.7 Å². The fourth-order valence-corrected chi connectivity index (χ4v) is 3.48. The minimum atomic E-state index is -0.482. The zero-order valence-electron chi connectivity index (χ0n) is 14.6. The van der Waals surface area contributed by atoms with Gasteiger partial charge in [-0.2, -0.15) is 0 Å². The Morgan fingerprint density at radius 2 is 2.08 bits per heavy atom. The molecule has 132 valence electrons. The van der Waals surface area contributed by atoms with E-state index >= 15 is 0 Å². The maximum absolute atomic E-state index is 11.8. The van der Waals surface area contributed by atoms with Gasteiger partial charge >= 0.3 is 5.97 Å². The Balaban J connectivity index is 1.93. The van der Waals surface area contributed by atoms with E-state index in [2.05, 4.69) is 11.8 Å². The number of carbonyl (C=O) groups excluding carboxylic acids is 2. The fraction of sp³-hybridized carbons (Fsp3) is 0.368. The summed E-state index contributed by atoms with van der Waals surface area (Å²) in [6.45, 7) is 4.38. The van der Waals surface area contributed by atoms with Gasteiger partial charge in [-0.3, -0.25) is 4.79 Å². The molecule has 2 atom stereocenters. The Morgan fingerprint density at radius 1 is 1.36 bits per heavy atom. The van der Waals surface area contributed by atoms with Gasteiger partial charge in [0.2, 0.25) is 11.7 Å². The topological polar surface area (TPSA) is 85.8 Å². The number of hydrogen-bond donors (Lipinski definition) is 1. The van der Waals surface area contributed by atoms with Gasteiger partial charge in [0, 0.05) is 17.3 Å². The second-order valence-electron chi connectivity index (χ2n) is 6.44. The molecule has 2 N–H and O–H groups in total. The van der Waals surface area contributed by atoms with Crippen LogP contribution in [-0.2, 0) is 16.1 Å². The normalized spacial score (nSPS) is 19.4. The lowest BCUT2D eigenvalue weighted by Crippen LogP contribution is -2.41. The molecule has 1 aliphatic rings. The minimum Gasteiger partial charge on any atom is -0.463 e. The zero-order valence-corrected chi connectivity index (χ0v) is 14.6. The average Bonchev–Trinajstić information content (AvgIpc) is 2.96. The smallest absolute Gasteiger partial charge is 0.374 e. The van der Waals surface area contributed by atoms with E-state index in [-0.39, 0.29) is 23.6 Å². The molecule has 0 aliphatic carbocycles. The lowest BCUT2D eigenvalue weighted by molar-refractivity contribution is -0.119. The van der Waals surface area contributed by atoms with Crippen molar-refractivity contribution < 1.29 is 18.7 Å². The number of ether oxygens (including phenoxy) is 1. The molecule has 1 amide bonds. The summed E-state index contributed by atoms with van der Waals surface area (Å²) in [6, 6.07) is 9.74. The number of esters is 1. The number of methoxy groups -OCH3 is 1. The van der Waals surface area contributed by atoms with E-state index in [4.69, 9.17) is 14.9 Å². The fourth-order valence-electron chi connectivity index (χ4n) is 3.48. The highest BCUT2D eigenvalue weighted by Crippen LogP contribution is 2.39. The molecule has 0 unspecified atom stereocenters. The maximum Gasteiger partial charge on any atom is 0.374 e. The van der Waals surface area contributed by atoms with Gasteiger partial charge in [-0.15, -0.1) is 0 Å². The number of primary amides is 1. The van der Waals surface area contributed by atoms with Crippen molar-refractivity contribution in [3.8, 4) is 0 Å². The highest BCUT2D eigenvalue weighted by Gasteiger charge is 2.33. The first kappa shape index (κ1) is 17.1. The first-order chi connectivity index (χ1) is 11.9. The number of benzene rings is 1. The molecule has 0 radical (unpaired) electrons. The van der Waals surface area contributed by atoms with Crippen LogP contribution in [0.4, 0.5) is 5.69 Å². The van der Waals surface area contributed by atoms with Crippen molar-refractivity contribution in [2.24, 2.45) is 5.73 Å². The summed E-state index contributed by atoms with van der Waals surface area (Å²) >= 11 is 0. The molecule has 0 saturated heterocycles. The van der Waals surface area contributed by atoms with E-state index in [0.29, 0.717) is 18.7 Å². The number of fused-ring (bicyclic) bond motifs is 1. The first-order valence-electron chi connectivity index (χ1n) is 8.25. The van der Waals surface area contributed by atoms with Crippen molar-refractivity contribution in [3.63, 3.8) is 0 Å². The van der Waals surface area contributed by atoms with E-state index in [0.717, 1.165) is 16.8 Å². The van der Waals surface area contributed by atoms with Crippen molar-refractivity contribution in [2.75, 3.05) is 12.0 Å². The molecule has 3 rings (SSSR count). The Bertz CT molecular complexity index is 812. The van der Waals surface area contributed by atoms with E-state index in [1.165, 1.54) is 7.11 Å². The molecule has 1 aliphatic heterocycles. The van der Waals surface area contributed by atoms with E-state index < -0.39 is 5.97 Å². The molecule has 2 heterocycles. The van der Waals surface area contributed by atoms with Gasteiger partial charge in [0.1, 0.15) is 5.76 Å². The Labute approximate surface area is 146 Å². The molecule has 6 nitrogen and oxygen atoms in total. The van der Waals surface area contributed by atoms with E-state index in [1.54, 1.807) is 0 Å². The zero-order chi connectivity index (χ0) is 18.1. The molecule has 1 aromatic heterocycles. The van der Waals surface area contributed by atoms with Gasteiger partial charge in [0.05, 0.1) is 19.6 Å². The predicted molar refractivity (Wildman–Crippen MR) is 93.4 cm³/mol. The molecule has 0 bridgehead atoms. The van der Waals surface area contributed by atoms with Gasteiger partial charge in [-0.25, -0.2) is 4.79 Å². The van der Waals surface area contributed by atoms with Gasteiger partial charge in [0.15, 0.2) is 0 Å². The second kappa shape index (κ2) is 6.63. The van der Waals surface area contributed by atoms with Gasteiger partial charge < -0.3 is 19.8 Å². The molecule has 6 heteroatoms. The lowest BCUT2D eigenvalue weighted by atomic mass is 9.85. The van der Waals surface area contributed by atoms with Crippen LogP contribution in [0.5, 0.6) is 0 Å². The number of para-hydroxylation sites is 1. The monoisotopic (exact) mass is 342 g/mol. The second-order valence-corrected chi connectivity index (χ2v) is 6.44. The molecule has 0 spiro atoms. The summed E-state index contributed by atoms with van der Waals surface area (Å²) in [5, 5.41) is 0. The summed E-state index contributed by atoms with van der Waals surface area (Å²) in [4.78, 5) is 25.7. The highest BCUT2D eigenvalue weighted by molar-refractivity contribution is 5.88. The third-order valence-corrected chi connectivity index (χ3v) is 4.74. The standard InChI is InChI=1S/C19H22N2O4/c1-11-8-13(25-17(11)19(23)24-3)10-21-12(2)9-15(18(20)22)14-6-4-5-7-16(14)21/h4-8,12,15H,9-10H2,1-3H3,(H2,20,22)/t12-,15-/m1/s1. The number of anilines is 1. The molecular weight excluding hydrogens is 320 g/mol. The van der Waals surface area contributed by atoms with Crippen LogP contribution in [0.3, 0.4) is 0 Å². The molecule has 0 saturated carbocycles. The third kappa shape index (κ3) is 3.12. The van der Waals surface area contributed by atoms with Crippen LogP contribution in [0.25, 0.3) is 0 Å². The predicted octanol–water partition coefficient (Wildman–Crippen LogP) is 2.74. The highest BCUT2D eigenvalue weighted by atomic mass is 16.5. The van der Waals surface area contributed by atoms with Crippen molar-refractivity contribution in [2.45, 2.75) is 38.8 Å². The number of amides is 1.